The summed E-state index contributed by atoms with van der Waals surface area (Å²) in [4.78, 5) is 12.9. The molecule has 1 aliphatic heterocycles. The highest BCUT2D eigenvalue weighted by molar-refractivity contribution is 5.87. The predicted octanol–water partition coefficient (Wildman–Crippen LogP) is 3.55. The quantitative estimate of drug-likeness (QED) is 0.859. The molecule has 1 aromatic rings. The maximum atomic E-state index is 13.4. The molecule has 2 unspecified atom stereocenters. The van der Waals surface area contributed by atoms with E-state index in [2.05, 4.69) is 18.7 Å². The van der Waals surface area contributed by atoms with Crippen molar-refractivity contribution >= 4 is 17.7 Å². The molecule has 0 amide bonds. The maximum absolute atomic E-state index is 13.4. The molecule has 20 heavy (non-hydrogen) atoms. The van der Waals surface area contributed by atoms with Crippen LogP contribution >= 0.6 is 0 Å². The van der Waals surface area contributed by atoms with Crippen molar-refractivity contribution in [1.29, 1.82) is 0 Å². The molecule has 0 aliphatic carbocycles. The van der Waals surface area contributed by atoms with Gasteiger partial charge in [0.05, 0.1) is 0 Å². The third-order valence-electron chi connectivity index (χ3n) is 3.82. The van der Waals surface area contributed by atoms with E-state index in [4.69, 9.17) is 5.11 Å². The second kappa shape index (κ2) is 6.07. The normalized spacial score (nSPS) is 23.2. The number of anilines is 1. The van der Waals surface area contributed by atoms with Crippen LogP contribution in [0.5, 0.6) is 0 Å². The second-order valence-corrected chi connectivity index (χ2v) is 5.56. The fourth-order valence-electron chi connectivity index (χ4n) is 2.71. The van der Waals surface area contributed by atoms with Crippen molar-refractivity contribution in [2.45, 2.75) is 32.7 Å². The Balaban J connectivity index is 2.36. The average Bonchev–Trinajstić information content (AvgIpc) is 2.39. The van der Waals surface area contributed by atoms with Crippen LogP contribution < -0.4 is 4.90 Å². The molecule has 1 aromatic carbocycles. The van der Waals surface area contributed by atoms with Crippen molar-refractivity contribution in [2.75, 3.05) is 11.4 Å². The van der Waals surface area contributed by atoms with E-state index in [-0.39, 0.29) is 5.82 Å². The smallest absolute Gasteiger partial charge is 0.328 e. The third kappa shape index (κ3) is 3.38. The molecule has 1 saturated heterocycles. The maximum Gasteiger partial charge on any atom is 0.328 e. The molecule has 0 bridgehead atoms. The Morgan fingerprint density at radius 3 is 2.85 bits per heavy atom. The first-order valence-electron chi connectivity index (χ1n) is 6.94. The lowest BCUT2D eigenvalue weighted by Crippen LogP contribution is -2.41. The summed E-state index contributed by atoms with van der Waals surface area (Å²) < 4.78 is 13.4. The largest absolute Gasteiger partial charge is 0.478 e. The summed E-state index contributed by atoms with van der Waals surface area (Å²) in [6.07, 6.45) is 4.81. The number of halogens is 1. The van der Waals surface area contributed by atoms with Gasteiger partial charge in [0.15, 0.2) is 0 Å². The van der Waals surface area contributed by atoms with Crippen molar-refractivity contribution in [3.05, 3.63) is 35.7 Å². The van der Waals surface area contributed by atoms with Gasteiger partial charge in [-0.25, -0.2) is 9.18 Å². The van der Waals surface area contributed by atoms with Crippen LogP contribution in [-0.2, 0) is 4.79 Å². The molecule has 2 atom stereocenters. The Hall–Kier alpha value is -1.84. The Labute approximate surface area is 118 Å². The van der Waals surface area contributed by atoms with E-state index in [1.54, 1.807) is 6.07 Å². The summed E-state index contributed by atoms with van der Waals surface area (Å²) in [7, 11) is 0. The molecule has 3 nitrogen and oxygen atoms in total. The highest BCUT2D eigenvalue weighted by Gasteiger charge is 2.24. The van der Waals surface area contributed by atoms with Crippen molar-refractivity contribution in [3.63, 3.8) is 0 Å². The first-order chi connectivity index (χ1) is 9.47. The summed E-state index contributed by atoms with van der Waals surface area (Å²) in [6.45, 7) is 5.27. The molecule has 1 fully saturated rings. The number of piperidine rings is 1. The zero-order valence-corrected chi connectivity index (χ0v) is 11.8. The van der Waals surface area contributed by atoms with Gasteiger partial charge in [-0.05, 0) is 50.0 Å². The minimum absolute atomic E-state index is 0.350. The van der Waals surface area contributed by atoms with E-state index in [9.17, 15) is 9.18 Å². The number of benzene rings is 1. The summed E-state index contributed by atoms with van der Waals surface area (Å²) >= 11 is 0. The molecule has 1 N–H and O–H groups in total. The Morgan fingerprint density at radius 1 is 1.40 bits per heavy atom. The molecule has 1 aliphatic rings. The topological polar surface area (TPSA) is 40.5 Å². The molecule has 0 radical (unpaired) electrons. The van der Waals surface area contributed by atoms with E-state index in [1.165, 1.54) is 24.6 Å². The fourth-order valence-corrected chi connectivity index (χ4v) is 2.71. The zero-order chi connectivity index (χ0) is 14.7. The number of rotatable bonds is 3. The zero-order valence-electron chi connectivity index (χ0n) is 11.8. The van der Waals surface area contributed by atoms with E-state index >= 15 is 0 Å². The molecular weight excluding hydrogens is 257 g/mol. The highest BCUT2D eigenvalue weighted by atomic mass is 19.1. The molecular formula is C16H20FNO2. The van der Waals surface area contributed by atoms with Crippen LogP contribution in [0.15, 0.2) is 24.3 Å². The van der Waals surface area contributed by atoms with Gasteiger partial charge in [0.2, 0.25) is 0 Å². The molecule has 1 heterocycles. The number of hydrogen-bond acceptors (Lipinski definition) is 2. The minimum Gasteiger partial charge on any atom is -0.478 e. The summed E-state index contributed by atoms with van der Waals surface area (Å²) in [5.41, 5.74) is 1.52. The van der Waals surface area contributed by atoms with Crippen LogP contribution in [0, 0.1) is 11.7 Å². The van der Waals surface area contributed by atoms with E-state index in [0.29, 0.717) is 17.5 Å². The van der Waals surface area contributed by atoms with Gasteiger partial charge >= 0.3 is 5.97 Å². The minimum atomic E-state index is -1.03. The average molecular weight is 277 g/mol. The van der Waals surface area contributed by atoms with Crippen molar-refractivity contribution in [1.82, 2.24) is 0 Å². The molecule has 108 valence electrons. The predicted molar refractivity (Wildman–Crippen MR) is 78.3 cm³/mol. The fraction of sp³-hybridized carbons (Fsp3) is 0.438. The van der Waals surface area contributed by atoms with Crippen LogP contribution in [0.3, 0.4) is 0 Å². The number of nitrogens with zero attached hydrogens (tertiary/aromatic N) is 1. The van der Waals surface area contributed by atoms with Gasteiger partial charge in [-0.1, -0.05) is 6.92 Å². The van der Waals surface area contributed by atoms with E-state index in [0.717, 1.165) is 24.7 Å². The number of aliphatic carboxylic acids is 1. The monoisotopic (exact) mass is 277 g/mol. The highest BCUT2D eigenvalue weighted by Crippen LogP contribution is 2.31. The second-order valence-electron chi connectivity index (χ2n) is 5.56. The molecule has 0 aromatic heterocycles. The molecule has 0 spiro atoms. The molecule has 4 heteroatoms. The molecule has 2 rings (SSSR count). The van der Waals surface area contributed by atoms with Crippen LogP contribution in [0.25, 0.3) is 6.08 Å². The number of carbonyl (C=O) groups is 1. The SMILES string of the molecule is CC1CCC(C)N(c2ccc(F)cc2C=CC(=O)O)C1. The molecule has 0 saturated carbocycles. The van der Waals surface area contributed by atoms with Gasteiger partial charge in [-0.3, -0.25) is 0 Å². The van der Waals surface area contributed by atoms with Gasteiger partial charge < -0.3 is 10.0 Å². The third-order valence-corrected chi connectivity index (χ3v) is 3.82. The van der Waals surface area contributed by atoms with Crippen molar-refractivity contribution in [2.24, 2.45) is 5.92 Å². The summed E-state index contributed by atoms with van der Waals surface area (Å²) in [5.74, 6) is -0.788. The lowest BCUT2D eigenvalue weighted by Gasteiger charge is -2.39. The van der Waals surface area contributed by atoms with Crippen molar-refractivity contribution < 1.29 is 14.3 Å². The summed E-state index contributed by atoms with van der Waals surface area (Å²) in [6, 6.07) is 4.94. The number of hydrogen-bond donors (Lipinski definition) is 1. The van der Waals surface area contributed by atoms with Gasteiger partial charge in [-0.2, -0.15) is 0 Å². The van der Waals surface area contributed by atoms with Crippen LogP contribution in [0.2, 0.25) is 0 Å². The van der Waals surface area contributed by atoms with Crippen LogP contribution in [0.4, 0.5) is 10.1 Å². The van der Waals surface area contributed by atoms with Gasteiger partial charge in [0.1, 0.15) is 5.82 Å². The van der Waals surface area contributed by atoms with Crippen LogP contribution in [-0.4, -0.2) is 23.7 Å². The first-order valence-corrected chi connectivity index (χ1v) is 6.94. The number of carboxylic acid groups (broad SMARTS) is 1. The Morgan fingerprint density at radius 2 is 2.15 bits per heavy atom. The lowest BCUT2D eigenvalue weighted by molar-refractivity contribution is -0.131. The van der Waals surface area contributed by atoms with Crippen molar-refractivity contribution in [3.8, 4) is 0 Å². The van der Waals surface area contributed by atoms with E-state index < -0.39 is 5.97 Å². The Bertz CT molecular complexity index is 527. The van der Waals surface area contributed by atoms with E-state index in [1.807, 2.05) is 0 Å². The lowest BCUT2D eigenvalue weighted by atomic mass is 9.93. The van der Waals surface area contributed by atoms with Gasteiger partial charge in [0, 0.05) is 29.9 Å². The first kappa shape index (κ1) is 14.6. The summed E-state index contributed by atoms with van der Waals surface area (Å²) in [5, 5.41) is 8.75. The van der Waals surface area contributed by atoms with Crippen LogP contribution in [0.1, 0.15) is 32.3 Å². The standard InChI is InChI=1S/C16H20FNO2/c1-11-3-4-12(2)18(10-11)15-7-6-14(17)9-13(15)5-8-16(19)20/h5-9,11-12H,3-4,10H2,1-2H3,(H,19,20). The Kier molecular flexibility index (Phi) is 4.42. The van der Waals surface area contributed by atoms with Gasteiger partial charge in [-0.15, -0.1) is 0 Å². The van der Waals surface area contributed by atoms with Gasteiger partial charge in [0.25, 0.3) is 0 Å². The number of carboxylic acids is 1.